The standard InChI is InChI=1S/C16H24N4O3/c1-11-10-13(23-18-11)12-6-4-7-19(12)8-5-9-20-14(21)16(2,3)17-15(20)22/h10,12H,4-9H2,1-3H3,(H,17,22)/t12-/m1/s1. The van der Waals surface area contributed by atoms with Crippen molar-refractivity contribution >= 4 is 11.9 Å². The number of nitrogens with zero attached hydrogens (tertiary/aromatic N) is 3. The topological polar surface area (TPSA) is 78.7 Å². The van der Waals surface area contributed by atoms with Gasteiger partial charge in [0.2, 0.25) is 0 Å². The van der Waals surface area contributed by atoms with E-state index in [-0.39, 0.29) is 18.0 Å². The Hall–Kier alpha value is -1.89. The van der Waals surface area contributed by atoms with E-state index < -0.39 is 5.54 Å². The smallest absolute Gasteiger partial charge is 0.325 e. The summed E-state index contributed by atoms with van der Waals surface area (Å²) in [4.78, 5) is 27.7. The molecule has 0 unspecified atom stereocenters. The largest absolute Gasteiger partial charge is 0.359 e. The second kappa shape index (κ2) is 5.96. The van der Waals surface area contributed by atoms with Gasteiger partial charge in [0.15, 0.2) is 5.76 Å². The zero-order valence-corrected chi connectivity index (χ0v) is 14.0. The van der Waals surface area contributed by atoms with E-state index >= 15 is 0 Å². The number of carbonyl (C=O) groups is 2. The van der Waals surface area contributed by atoms with Gasteiger partial charge in [-0.05, 0) is 46.6 Å². The summed E-state index contributed by atoms with van der Waals surface area (Å²) in [6.45, 7) is 7.68. The Balaban J connectivity index is 1.54. The number of rotatable bonds is 5. The normalized spacial score (nSPS) is 24.5. The van der Waals surface area contributed by atoms with Crippen LogP contribution in [0.15, 0.2) is 10.6 Å². The molecule has 3 amide bonds. The number of likely N-dealkylation sites (tertiary alicyclic amines) is 1. The molecule has 1 atom stereocenters. The Morgan fingerprint density at radius 3 is 2.78 bits per heavy atom. The molecule has 1 N–H and O–H groups in total. The van der Waals surface area contributed by atoms with Crippen LogP contribution in [0.25, 0.3) is 0 Å². The van der Waals surface area contributed by atoms with Crippen molar-refractivity contribution in [3.05, 3.63) is 17.5 Å². The average Bonchev–Trinajstić information content (AvgIpc) is 3.14. The van der Waals surface area contributed by atoms with E-state index in [1.54, 1.807) is 13.8 Å². The molecule has 2 saturated heterocycles. The lowest BCUT2D eigenvalue weighted by atomic mass is 10.1. The molecule has 0 aliphatic carbocycles. The Kier molecular flexibility index (Phi) is 4.14. The molecular formula is C16H24N4O3. The maximum absolute atomic E-state index is 12.2. The third-order valence-electron chi connectivity index (χ3n) is 4.61. The number of aromatic nitrogens is 1. The van der Waals surface area contributed by atoms with Crippen molar-refractivity contribution < 1.29 is 14.1 Å². The number of urea groups is 1. The lowest BCUT2D eigenvalue weighted by molar-refractivity contribution is -0.130. The first-order valence-electron chi connectivity index (χ1n) is 8.20. The maximum Gasteiger partial charge on any atom is 0.325 e. The third kappa shape index (κ3) is 3.10. The predicted octanol–water partition coefficient (Wildman–Crippen LogP) is 1.84. The molecule has 1 aromatic heterocycles. The molecule has 0 bridgehead atoms. The van der Waals surface area contributed by atoms with Gasteiger partial charge in [-0.1, -0.05) is 5.16 Å². The molecule has 7 nitrogen and oxygen atoms in total. The molecule has 7 heteroatoms. The van der Waals surface area contributed by atoms with E-state index in [1.807, 2.05) is 13.0 Å². The van der Waals surface area contributed by atoms with Gasteiger partial charge in [0.1, 0.15) is 5.54 Å². The first kappa shape index (κ1) is 16.0. The molecule has 23 heavy (non-hydrogen) atoms. The first-order chi connectivity index (χ1) is 10.9. The van der Waals surface area contributed by atoms with Crippen LogP contribution >= 0.6 is 0 Å². The van der Waals surface area contributed by atoms with Crippen molar-refractivity contribution in [1.29, 1.82) is 0 Å². The van der Waals surface area contributed by atoms with Gasteiger partial charge in [0.25, 0.3) is 5.91 Å². The molecule has 126 valence electrons. The molecular weight excluding hydrogens is 296 g/mol. The van der Waals surface area contributed by atoms with Gasteiger partial charge < -0.3 is 9.84 Å². The maximum atomic E-state index is 12.2. The van der Waals surface area contributed by atoms with Crippen LogP contribution in [0.5, 0.6) is 0 Å². The number of nitrogens with one attached hydrogen (secondary N) is 1. The number of imide groups is 1. The lowest BCUT2D eigenvalue weighted by Crippen LogP contribution is -2.40. The van der Waals surface area contributed by atoms with Crippen LogP contribution in [-0.4, -0.2) is 52.1 Å². The molecule has 2 aliphatic heterocycles. The molecule has 2 aliphatic rings. The van der Waals surface area contributed by atoms with Crippen molar-refractivity contribution in [3.8, 4) is 0 Å². The van der Waals surface area contributed by atoms with E-state index in [1.165, 1.54) is 4.90 Å². The summed E-state index contributed by atoms with van der Waals surface area (Å²) in [6.07, 6.45) is 2.95. The highest BCUT2D eigenvalue weighted by Crippen LogP contribution is 2.32. The van der Waals surface area contributed by atoms with Gasteiger partial charge in [-0.3, -0.25) is 14.6 Å². The van der Waals surface area contributed by atoms with Crippen LogP contribution in [0.2, 0.25) is 0 Å². The summed E-state index contributed by atoms with van der Waals surface area (Å²) in [5.41, 5.74) is 0.110. The minimum atomic E-state index is -0.787. The zero-order valence-electron chi connectivity index (χ0n) is 14.0. The number of aryl methyl sites for hydroxylation is 1. The van der Waals surface area contributed by atoms with Gasteiger partial charge >= 0.3 is 6.03 Å². The number of hydrogen-bond donors (Lipinski definition) is 1. The summed E-state index contributed by atoms with van der Waals surface area (Å²) in [6, 6.07) is 1.96. The Bertz CT molecular complexity index is 610. The van der Waals surface area contributed by atoms with E-state index in [4.69, 9.17) is 4.52 Å². The van der Waals surface area contributed by atoms with E-state index in [2.05, 4.69) is 15.4 Å². The molecule has 0 aromatic carbocycles. The van der Waals surface area contributed by atoms with Crippen LogP contribution in [-0.2, 0) is 4.79 Å². The minimum Gasteiger partial charge on any atom is -0.359 e. The molecule has 1 aromatic rings. The highest BCUT2D eigenvalue weighted by Gasteiger charge is 2.43. The highest BCUT2D eigenvalue weighted by molar-refractivity contribution is 6.06. The zero-order chi connectivity index (χ0) is 16.6. The van der Waals surface area contributed by atoms with E-state index in [9.17, 15) is 9.59 Å². The fourth-order valence-corrected chi connectivity index (χ4v) is 3.41. The van der Waals surface area contributed by atoms with Gasteiger partial charge in [-0.15, -0.1) is 0 Å². The van der Waals surface area contributed by atoms with Crippen LogP contribution in [0.1, 0.15) is 50.6 Å². The average molecular weight is 320 g/mol. The molecule has 0 spiro atoms. The van der Waals surface area contributed by atoms with E-state index in [0.717, 1.165) is 43.8 Å². The summed E-state index contributed by atoms with van der Waals surface area (Å²) in [5.74, 6) is 0.766. The van der Waals surface area contributed by atoms with Gasteiger partial charge in [-0.25, -0.2) is 4.79 Å². The minimum absolute atomic E-state index is 0.147. The lowest BCUT2D eigenvalue weighted by Gasteiger charge is -2.23. The van der Waals surface area contributed by atoms with Crippen molar-refractivity contribution in [2.75, 3.05) is 19.6 Å². The SMILES string of the molecule is Cc1cc([C@H]2CCCN2CCCN2C(=O)NC(C)(C)C2=O)on1. The molecule has 3 heterocycles. The quantitative estimate of drug-likeness (QED) is 0.838. The second-order valence-corrected chi connectivity index (χ2v) is 6.93. The number of amides is 3. The number of hydrogen-bond acceptors (Lipinski definition) is 5. The van der Waals surface area contributed by atoms with Gasteiger partial charge in [0.05, 0.1) is 11.7 Å². The van der Waals surface area contributed by atoms with Crippen molar-refractivity contribution in [3.63, 3.8) is 0 Å². The van der Waals surface area contributed by atoms with Crippen LogP contribution < -0.4 is 5.32 Å². The molecule has 3 rings (SSSR count). The predicted molar refractivity (Wildman–Crippen MR) is 83.7 cm³/mol. The highest BCUT2D eigenvalue weighted by atomic mass is 16.5. The second-order valence-electron chi connectivity index (χ2n) is 6.93. The van der Waals surface area contributed by atoms with E-state index in [0.29, 0.717) is 6.54 Å². The molecule has 0 radical (unpaired) electrons. The summed E-state index contributed by atoms with van der Waals surface area (Å²) >= 11 is 0. The number of carbonyl (C=O) groups excluding carboxylic acids is 2. The van der Waals surface area contributed by atoms with Crippen LogP contribution in [0.3, 0.4) is 0 Å². The fraction of sp³-hybridized carbons (Fsp3) is 0.688. The van der Waals surface area contributed by atoms with Crippen molar-refractivity contribution in [2.24, 2.45) is 0 Å². The summed E-state index contributed by atoms with van der Waals surface area (Å²) in [7, 11) is 0. The Morgan fingerprint density at radius 1 is 1.39 bits per heavy atom. The van der Waals surface area contributed by atoms with Crippen molar-refractivity contribution in [2.45, 2.75) is 51.6 Å². The Morgan fingerprint density at radius 2 is 2.17 bits per heavy atom. The summed E-state index contributed by atoms with van der Waals surface area (Å²) < 4.78 is 5.40. The summed E-state index contributed by atoms with van der Waals surface area (Å²) in [5, 5.41) is 6.68. The monoisotopic (exact) mass is 320 g/mol. The van der Waals surface area contributed by atoms with Gasteiger partial charge in [-0.2, -0.15) is 0 Å². The Labute approximate surface area is 136 Å². The third-order valence-corrected chi connectivity index (χ3v) is 4.61. The molecule has 2 fully saturated rings. The molecule has 0 saturated carbocycles. The van der Waals surface area contributed by atoms with Crippen LogP contribution in [0, 0.1) is 6.92 Å². The first-order valence-corrected chi connectivity index (χ1v) is 8.20. The fourth-order valence-electron chi connectivity index (χ4n) is 3.41. The van der Waals surface area contributed by atoms with Crippen molar-refractivity contribution in [1.82, 2.24) is 20.3 Å². The van der Waals surface area contributed by atoms with Crippen LogP contribution in [0.4, 0.5) is 4.79 Å². The van der Waals surface area contributed by atoms with Gasteiger partial charge in [0, 0.05) is 19.2 Å².